The first-order chi connectivity index (χ1) is 8.58. The van der Waals surface area contributed by atoms with Gasteiger partial charge in [0, 0.05) is 13.2 Å². The van der Waals surface area contributed by atoms with E-state index in [1.807, 2.05) is 0 Å². The second-order valence-corrected chi connectivity index (χ2v) is 6.60. The molecule has 0 aromatic heterocycles. The van der Waals surface area contributed by atoms with Crippen LogP contribution in [0.1, 0.15) is 52.9 Å². The summed E-state index contributed by atoms with van der Waals surface area (Å²) in [5.74, 6) is 0. The summed E-state index contributed by atoms with van der Waals surface area (Å²) in [6.45, 7) is 10.2. The van der Waals surface area contributed by atoms with Gasteiger partial charge in [0.05, 0.1) is 24.9 Å². The van der Waals surface area contributed by atoms with Crippen molar-refractivity contribution in [2.24, 2.45) is 5.41 Å². The van der Waals surface area contributed by atoms with Crippen LogP contribution < -0.4 is 5.32 Å². The Balaban J connectivity index is 2.05. The van der Waals surface area contributed by atoms with Crippen molar-refractivity contribution < 1.29 is 9.47 Å². The van der Waals surface area contributed by atoms with E-state index in [4.69, 9.17) is 9.47 Å². The van der Waals surface area contributed by atoms with Crippen molar-refractivity contribution in [3.05, 3.63) is 0 Å². The van der Waals surface area contributed by atoms with Crippen LogP contribution in [0.3, 0.4) is 0 Å². The van der Waals surface area contributed by atoms with Crippen LogP contribution >= 0.6 is 0 Å². The van der Waals surface area contributed by atoms with Gasteiger partial charge in [0.15, 0.2) is 0 Å². The molecule has 2 unspecified atom stereocenters. The monoisotopic (exact) mass is 255 g/mol. The lowest BCUT2D eigenvalue weighted by molar-refractivity contribution is -0.122. The summed E-state index contributed by atoms with van der Waals surface area (Å²) in [7, 11) is 0. The summed E-state index contributed by atoms with van der Waals surface area (Å²) >= 11 is 0. The highest BCUT2D eigenvalue weighted by atomic mass is 16.5. The first-order valence-corrected chi connectivity index (χ1v) is 7.53. The molecule has 1 saturated heterocycles. The molecule has 2 aliphatic rings. The van der Waals surface area contributed by atoms with Gasteiger partial charge in [-0.25, -0.2) is 0 Å². The van der Waals surface area contributed by atoms with Gasteiger partial charge < -0.3 is 14.8 Å². The fourth-order valence-corrected chi connectivity index (χ4v) is 3.38. The van der Waals surface area contributed by atoms with E-state index in [0.29, 0.717) is 11.5 Å². The van der Waals surface area contributed by atoms with Crippen molar-refractivity contribution in [2.75, 3.05) is 26.4 Å². The highest BCUT2D eigenvalue weighted by molar-refractivity contribution is 4.98. The number of hydrogen-bond donors (Lipinski definition) is 1. The maximum absolute atomic E-state index is 6.25. The molecule has 3 heteroatoms. The Kier molecular flexibility index (Phi) is 4.68. The van der Waals surface area contributed by atoms with Crippen LogP contribution in [0.2, 0.25) is 0 Å². The van der Waals surface area contributed by atoms with Crippen molar-refractivity contribution in [1.29, 1.82) is 0 Å². The molecule has 18 heavy (non-hydrogen) atoms. The predicted octanol–water partition coefficient (Wildman–Crippen LogP) is 2.74. The van der Waals surface area contributed by atoms with Crippen molar-refractivity contribution in [1.82, 2.24) is 5.32 Å². The zero-order valence-electron chi connectivity index (χ0n) is 12.3. The van der Waals surface area contributed by atoms with Crippen LogP contribution in [0.15, 0.2) is 0 Å². The summed E-state index contributed by atoms with van der Waals surface area (Å²) in [5, 5.41) is 3.62. The Morgan fingerprint density at radius 2 is 2.06 bits per heavy atom. The lowest BCUT2D eigenvalue weighted by Crippen LogP contribution is -2.59. The summed E-state index contributed by atoms with van der Waals surface area (Å²) in [5.41, 5.74) is 0.502. The average Bonchev–Trinajstić information content (AvgIpc) is 2.49. The fourth-order valence-electron chi connectivity index (χ4n) is 3.38. The minimum absolute atomic E-state index is 0.0290. The molecule has 0 aromatic carbocycles. The van der Waals surface area contributed by atoms with E-state index < -0.39 is 0 Å². The van der Waals surface area contributed by atoms with Gasteiger partial charge >= 0.3 is 0 Å². The third kappa shape index (κ3) is 3.25. The van der Waals surface area contributed by atoms with Gasteiger partial charge in [-0.05, 0) is 44.4 Å². The topological polar surface area (TPSA) is 30.5 Å². The summed E-state index contributed by atoms with van der Waals surface area (Å²) < 4.78 is 11.9. The Morgan fingerprint density at radius 3 is 2.83 bits per heavy atom. The zero-order chi connectivity index (χ0) is 13.1. The number of rotatable bonds is 3. The maximum Gasteiger partial charge on any atom is 0.0858 e. The molecule has 1 spiro atoms. The van der Waals surface area contributed by atoms with E-state index in [1.54, 1.807) is 0 Å². The van der Waals surface area contributed by atoms with Crippen LogP contribution in [0.5, 0.6) is 0 Å². The zero-order valence-corrected chi connectivity index (χ0v) is 12.3. The summed E-state index contributed by atoms with van der Waals surface area (Å²) in [6, 6.07) is 0.375. The Hall–Kier alpha value is -0.120. The first kappa shape index (κ1) is 14.3. The number of hydrogen-bond acceptors (Lipinski definition) is 3. The number of ether oxygens (including phenoxy) is 2. The van der Waals surface area contributed by atoms with Gasteiger partial charge in [0.1, 0.15) is 0 Å². The predicted molar refractivity (Wildman–Crippen MR) is 73.8 cm³/mol. The van der Waals surface area contributed by atoms with E-state index in [9.17, 15) is 0 Å². The van der Waals surface area contributed by atoms with Gasteiger partial charge in [-0.1, -0.05) is 13.8 Å². The molecule has 0 bridgehead atoms. The second kappa shape index (κ2) is 5.89. The first-order valence-electron chi connectivity index (χ1n) is 7.53. The minimum Gasteiger partial charge on any atom is -0.380 e. The Bertz CT molecular complexity index is 267. The van der Waals surface area contributed by atoms with Crippen molar-refractivity contribution in [2.45, 2.75) is 64.5 Å². The smallest absolute Gasteiger partial charge is 0.0858 e. The molecular formula is C15H29NO2. The van der Waals surface area contributed by atoms with E-state index >= 15 is 0 Å². The molecule has 3 nitrogen and oxygen atoms in total. The van der Waals surface area contributed by atoms with E-state index in [0.717, 1.165) is 26.4 Å². The van der Waals surface area contributed by atoms with Crippen molar-refractivity contribution in [3.8, 4) is 0 Å². The highest BCUT2D eigenvalue weighted by Crippen LogP contribution is 2.42. The van der Waals surface area contributed by atoms with Crippen LogP contribution in [-0.4, -0.2) is 38.0 Å². The molecule has 1 aliphatic carbocycles. The third-order valence-electron chi connectivity index (χ3n) is 4.68. The minimum atomic E-state index is 0.0290. The van der Waals surface area contributed by atoms with E-state index in [1.165, 1.54) is 32.1 Å². The normalized spacial score (nSPS) is 36.5. The molecule has 0 aromatic rings. The van der Waals surface area contributed by atoms with Crippen LogP contribution in [-0.2, 0) is 9.47 Å². The fraction of sp³-hybridized carbons (Fsp3) is 1.00. The molecule has 2 fully saturated rings. The highest BCUT2D eigenvalue weighted by Gasteiger charge is 2.44. The van der Waals surface area contributed by atoms with Gasteiger partial charge in [0.25, 0.3) is 0 Å². The lowest BCUT2D eigenvalue weighted by atomic mass is 9.82. The maximum atomic E-state index is 6.25. The Labute approximate surface area is 112 Å². The standard InChI is InChI=1S/C15H29NO2/c1-4-17-12-13-15(18-11-10-16-13)7-5-6-14(2,3)8-9-15/h13,16H,4-12H2,1-3H3. The molecule has 106 valence electrons. The number of morpholine rings is 1. The molecule has 0 radical (unpaired) electrons. The van der Waals surface area contributed by atoms with Gasteiger partial charge in [-0.2, -0.15) is 0 Å². The summed E-state index contributed by atoms with van der Waals surface area (Å²) in [4.78, 5) is 0. The molecule has 1 heterocycles. The molecule has 1 N–H and O–H groups in total. The largest absolute Gasteiger partial charge is 0.380 e. The van der Waals surface area contributed by atoms with Crippen LogP contribution in [0.25, 0.3) is 0 Å². The molecule has 1 saturated carbocycles. The van der Waals surface area contributed by atoms with E-state index in [2.05, 4.69) is 26.1 Å². The van der Waals surface area contributed by atoms with Crippen molar-refractivity contribution in [3.63, 3.8) is 0 Å². The number of nitrogens with one attached hydrogen (secondary N) is 1. The van der Waals surface area contributed by atoms with E-state index in [-0.39, 0.29) is 5.60 Å². The molecular weight excluding hydrogens is 226 g/mol. The second-order valence-electron chi connectivity index (χ2n) is 6.60. The average molecular weight is 255 g/mol. The third-order valence-corrected chi connectivity index (χ3v) is 4.68. The quantitative estimate of drug-likeness (QED) is 0.841. The molecule has 2 rings (SSSR count). The summed E-state index contributed by atoms with van der Waals surface area (Å²) in [6.07, 6.45) is 6.21. The van der Waals surface area contributed by atoms with Crippen LogP contribution in [0, 0.1) is 5.41 Å². The van der Waals surface area contributed by atoms with Gasteiger partial charge in [-0.15, -0.1) is 0 Å². The molecule has 0 amide bonds. The SMILES string of the molecule is CCOCC1NCCOC12CCCC(C)(C)CC2. The molecule has 2 atom stereocenters. The Morgan fingerprint density at radius 1 is 1.22 bits per heavy atom. The van der Waals surface area contributed by atoms with Crippen LogP contribution in [0.4, 0.5) is 0 Å². The molecule has 1 aliphatic heterocycles. The van der Waals surface area contributed by atoms with Crippen molar-refractivity contribution >= 4 is 0 Å². The van der Waals surface area contributed by atoms with Gasteiger partial charge in [0.2, 0.25) is 0 Å². The van der Waals surface area contributed by atoms with Gasteiger partial charge in [-0.3, -0.25) is 0 Å². The lowest BCUT2D eigenvalue weighted by Gasteiger charge is -2.44.